The number of fused-ring (bicyclic) bond motifs is 1. The molecule has 0 amide bonds. The largest absolute Gasteiger partial charge is 0.353 e. The summed E-state index contributed by atoms with van der Waals surface area (Å²) in [5, 5.41) is 7.63. The Kier molecular flexibility index (Phi) is 2.78. The zero-order valence-corrected chi connectivity index (χ0v) is 9.74. The lowest BCUT2D eigenvalue weighted by Gasteiger charge is -2.17. The van der Waals surface area contributed by atoms with Crippen LogP contribution in [0, 0.1) is 0 Å². The van der Waals surface area contributed by atoms with Crippen molar-refractivity contribution in [3.05, 3.63) is 35.4 Å². The highest BCUT2D eigenvalue weighted by Gasteiger charge is 2.15. The van der Waals surface area contributed by atoms with Crippen molar-refractivity contribution in [2.24, 2.45) is 10.1 Å². The summed E-state index contributed by atoms with van der Waals surface area (Å²) in [6.07, 6.45) is 3.38. The topological polar surface area (TPSA) is 48.8 Å². The molecule has 2 N–H and O–H groups in total. The Hall–Kier alpha value is -1.84. The summed E-state index contributed by atoms with van der Waals surface area (Å²) in [5.41, 5.74) is 6.85. The summed E-state index contributed by atoms with van der Waals surface area (Å²) in [4.78, 5) is 4.26. The van der Waals surface area contributed by atoms with Crippen LogP contribution in [0.25, 0.3) is 0 Å². The van der Waals surface area contributed by atoms with Crippen molar-refractivity contribution in [3.8, 4) is 0 Å². The molecule has 88 valence electrons. The Morgan fingerprint density at radius 2 is 2.18 bits per heavy atom. The van der Waals surface area contributed by atoms with Crippen LogP contribution < -0.4 is 10.7 Å². The van der Waals surface area contributed by atoms with E-state index in [1.807, 2.05) is 0 Å². The van der Waals surface area contributed by atoms with Gasteiger partial charge in [-0.3, -0.25) is 0 Å². The summed E-state index contributed by atoms with van der Waals surface area (Å²) >= 11 is 0. The molecular formula is C13H16N4. The van der Waals surface area contributed by atoms with Gasteiger partial charge in [0.1, 0.15) is 0 Å². The van der Waals surface area contributed by atoms with Gasteiger partial charge in [-0.15, -0.1) is 0 Å². The van der Waals surface area contributed by atoms with Crippen LogP contribution >= 0.6 is 0 Å². The smallest absolute Gasteiger partial charge is 0.212 e. The summed E-state index contributed by atoms with van der Waals surface area (Å²) in [6.45, 7) is 1.74. The molecule has 0 atom stereocenters. The average Bonchev–Trinajstić information content (AvgIpc) is 2.89. The zero-order valence-electron chi connectivity index (χ0n) is 9.74. The van der Waals surface area contributed by atoms with Crippen molar-refractivity contribution in [2.75, 3.05) is 13.1 Å². The molecule has 0 saturated carbocycles. The molecule has 1 heterocycles. The second-order valence-electron chi connectivity index (χ2n) is 4.34. The third-order valence-electron chi connectivity index (χ3n) is 3.16. The van der Waals surface area contributed by atoms with Crippen molar-refractivity contribution in [1.29, 1.82) is 0 Å². The number of rotatable bonds is 1. The standard InChI is InChI=1S/C13H16N4/c1-2-6-11-10(4-1)5-3-7-12(11)16-17-13-14-8-9-15-13/h1-2,4,6H,3,5,7-9H2,(H2,14,15,17)/b16-12-. The number of aryl methyl sites for hydroxylation is 1. The number of hydrogen-bond donors (Lipinski definition) is 2. The van der Waals surface area contributed by atoms with Crippen LogP contribution in [0.15, 0.2) is 34.4 Å². The third kappa shape index (κ3) is 2.16. The molecule has 3 rings (SSSR count). The predicted molar refractivity (Wildman–Crippen MR) is 69.4 cm³/mol. The highest BCUT2D eigenvalue weighted by molar-refractivity contribution is 6.03. The monoisotopic (exact) mass is 228 g/mol. The van der Waals surface area contributed by atoms with Crippen LogP contribution in [0.2, 0.25) is 0 Å². The van der Waals surface area contributed by atoms with E-state index in [9.17, 15) is 0 Å². The Morgan fingerprint density at radius 3 is 3.06 bits per heavy atom. The van der Waals surface area contributed by atoms with Gasteiger partial charge in [0.05, 0.1) is 12.3 Å². The third-order valence-corrected chi connectivity index (χ3v) is 3.16. The van der Waals surface area contributed by atoms with Gasteiger partial charge < -0.3 is 5.32 Å². The maximum absolute atomic E-state index is 4.48. The number of hydrazone groups is 1. The van der Waals surface area contributed by atoms with E-state index in [4.69, 9.17) is 0 Å². The normalized spacial score (nSPS) is 20.7. The fraction of sp³-hybridized carbons (Fsp3) is 0.385. The zero-order chi connectivity index (χ0) is 11.5. The van der Waals surface area contributed by atoms with Gasteiger partial charge in [0.25, 0.3) is 0 Å². The van der Waals surface area contributed by atoms with Crippen LogP contribution in [-0.2, 0) is 6.42 Å². The molecule has 0 fully saturated rings. The van der Waals surface area contributed by atoms with E-state index in [0.717, 1.165) is 37.6 Å². The summed E-state index contributed by atoms with van der Waals surface area (Å²) < 4.78 is 0. The van der Waals surface area contributed by atoms with E-state index < -0.39 is 0 Å². The number of benzene rings is 1. The van der Waals surface area contributed by atoms with Gasteiger partial charge in [0.2, 0.25) is 5.96 Å². The van der Waals surface area contributed by atoms with Crippen LogP contribution in [0.4, 0.5) is 0 Å². The molecule has 1 aliphatic carbocycles. The minimum Gasteiger partial charge on any atom is -0.353 e. The van der Waals surface area contributed by atoms with Gasteiger partial charge in [-0.1, -0.05) is 24.3 Å². The van der Waals surface area contributed by atoms with Crippen molar-refractivity contribution < 1.29 is 0 Å². The minimum absolute atomic E-state index is 0.792. The highest BCUT2D eigenvalue weighted by atomic mass is 15.4. The maximum atomic E-state index is 4.48. The quantitative estimate of drug-likeness (QED) is 0.711. The lowest BCUT2D eigenvalue weighted by molar-refractivity contribution is 0.824. The van der Waals surface area contributed by atoms with E-state index in [1.54, 1.807) is 0 Å². The number of nitrogens with one attached hydrogen (secondary N) is 2. The minimum atomic E-state index is 0.792. The summed E-state index contributed by atoms with van der Waals surface area (Å²) in [7, 11) is 0. The van der Waals surface area contributed by atoms with Gasteiger partial charge in [-0.05, 0) is 24.8 Å². The van der Waals surface area contributed by atoms with E-state index in [-0.39, 0.29) is 0 Å². The highest BCUT2D eigenvalue weighted by Crippen LogP contribution is 2.20. The number of aliphatic imine (C=N–C) groups is 1. The lowest BCUT2D eigenvalue weighted by atomic mass is 9.90. The molecule has 1 aliphatic heterocycles. The van der Waals surface area contributed by atoms with Crippen molar-refractivity contribution in [1.82, 2.24) is 10.7 Å². The summed E-state index contributed by atoms with van der Waals surface area (Å²) in [6, 6.07) is 8.51. The Morgan fingerprint density at radius 1 is 1.24 bits per heavy atom. The van der Waals surface area contributed by atoms with Crippen LogP contribution in [0.5, 0.6) is 0 Å². The van der Waals surface area contributed by atoms with Crippen LogP contribution in [-0.4, -0.2) is 24.8 Å². The van der Waals surface area contributed by atoms with Gasteiger partial charge >= 0.3 is 0 Å². The predicted octanol–water partition coefficient (Wildman–Crippen LogP) is 1.28. The molecule has 1 aromatic rings. The maximum Gasteiger partial charge on any atom is 0.212 e. The SMILES string of the molecule is c1ccc2c(c1)CCC/C2=N/NC1=NCCN1. The Labute approximate surface area is 101 Å². The van der Waals surface area contributed by atoms with Crippen molar-refractivity contribution in [3.63, 3.8) is 0 Å². The van der Waals surface area contributed by atoms with Gasteiger partial charge in [-0.25, -0.2) is 10.4 Å². The Bertz CT molecular complexity index is 476. The first-order valence-electron chi connectivity index (χ1n) is 6.13. The van der Waals surface area contributed by atoms with Gasteiger partial charge in [0.15, 0.2) is 0 Å². The number of guanidine groups is 1. The van der Waals surface area contributed by atoms with Crippen LogP contribution in [0.1, 0.15) is 24.0 Å². The molecular weight excluding hydrogens is 212 g/mol. The molecule has 2 aliphatic rings. The van der Waals surface area contributed by atoms with E-state index >= 15 is 0 Å². The molecule has 4 nitrogen and oxygen atoms in total. The molecule has 0 saturated heterocycles. The first-order valence-corrected chi connectivity index (χ1v) is 6.13. The molecule has 0 bridgehead atoms. The average molecular weight is 228 g/mol. The first-order chi connectivity index (χ1) is 8.43. The number of nitrogens with zero attached hydrogens (tertiary/aromatic N) is 2. The fourth-order valence-corrected chi connectivity index (χ4v) is 2.31. The molecule has 1 aromatic carbocycles. The Balaban J connectivity index is 1.82. The van der Waals surface area contributed by atoms with E-state index in [1.165, 1.54) is 17.5 Å². The van der Waals surface area contributed by atoms with Gasteiger partial charge in [-0.2, -0.15) is 5.10 Å². The number of hydrogen-bond acceptors (Lipinski definition) is 4. The fourth-order valence-electron chi connectivity index (χ4n) is 2.31. The summed E-state index contributed by atoms with van der Waals surface area (Å²) in [5.74, 6) is 0.792. The molecule has 0 aromatic heterocycles. The first kappa shape index (κ1) is 10.3. The van der Waals surface area contributed by atoms with Gasteiger partial charge in [0, 0.05) is 12.1 Å². The molecule has 0 unspecified atom stereocenters. The molecule has 17 heavy (non-hydrogen) atoms. The lowest BCUT2D eigenvalue weighted by Crippen LogP contribution is -2.31. The second-order valence-corrected chi connectivity index (χ2v) is 4.34. The van der Waals surface area contributed by atoms with E-state index in [0.29, 0.717) is 0 Å². The second kappa shape index (κ2) is 4.57. The molecule has 0 radical (unpaired) electrons. The van der Waals surface area contributed by atoms with Crippen LogP contribution in [0.3, 0.4) is 0 Å². The molecule has 4 heteroatoms. The van der Waals surface area contributed by atoms with E-state index in [2.05, 4.69) is 45.1 Å². The molecule has 0 spiro atoms. The van der Waals surface area contributed by atoms with Crippen molar-refractivity contribution in [2.45, 2.75) is 19.3 Å². The van der Waals surface area contributed by atoms with Crippen molar-refractivity contribution >= 4 is 11.7 Å².